The first-order chi connectivity index (χ1) is 7.50. The van der Waals surface area contributed by atoms with Crippen LogP contribution < -0.4 is 5.32 Å². The van der Waals surface area contributed by atoms with Gasteiger partial charge in [0.2, 0.25) is 0 Å². The van der Waals surface area contributed by atoms with Crippen molar-refractivity contribution in [3.8, 4) is 0 Å². The van der Waals surface area contributed by atoms with Crippen LogP contribution in [0.15, 0.2) is 36.4 Å². The van der Waals surface area contributed by atoms with Crippen LogP contribution in [0.1, 0.15) is 25.5 Å². The molecular weight excluding hydrogens is 204 g/mol. The Hall–Kier alpha value is -1.68. The summed E-state index contributed by atoms with van der Waals surface area (Å²) in [7, 11) is 0. The zero-order chi connectivity index (χ0) is 12.1. The van der Waals surface area contributed by atoms with Gasteiger partial charge in [0.15, 0.2) is 0 Å². The molecule has 0 saturated heterocycles. The summed E-state index contributed by atoms with van der Waals surface area (Å²) in [6.45, 7) is 8.42. The number of non-ortho nitro benzene ring substituents is 1. The van der Waals surface area contributed by atoms with E-state index in [9.17, 15) is 10.1 Å². The van der Waals surface area contributed by atoms with Gasteiger partial charge in [-0.25, -0.2) is 0 Å². The molecule has 1 N–H and O–H groups in total. The summed E-state index contributed by atoms with van der Waals surface area (Å²) in [6.07, 6.45) is 0. The maximum Gasteiger partial charge on any atom is 0.269 e. The number of rotatable bonds is 5. The molecule has 0 fully saturated rings. The normalized spacial score (nSPS) is 12.1. The zero-order valence-electron chi connectivity index (χ0n) is 9.56. The molecule has 1 rings (SSSR count). The molecule has 1 aromatic carbocycles. The second-order valence-electron chi connectivity index (χ2n) is 3.91. The van der Waals surface area contributed by atoms with Gasteiger partial charge in [0.25, 0.3) is 5.69 Å². The fourth-order valence-corrected chi connectivity index (χ4v) is 1.35. The molecule has 0 amide bonds. The Balaban J connectivity index is 2.75. The van der Waals surface area contributed by atoms with E-state index >= 15 is 0 Å². The Morgan fingerprint density at radius 2 is 2.31 bits per heavy atom. The average molecular weight is 220 g/mol. The summed E-state index contributed by atoms with van der Waals surface area (Å²) in [5.74, 6) is 0. The Labute approximate surface area is 95.1 Å². The van der Waals surface area contributed by atoms with Crippen molar-refractivity contribution >= 4 is 5.69 Å². The van der Waals surface area contributed by atoms with E-state index in [0.29, 0.717) is 6.54 Å². The molecule has 0 aromatic heterocycles. The smallest absolute Gasteiger partial charge is 0.269 e. The van der Waals surface area contributed by atoms with Gasteiger partial charge in [-0.05, 0) is 19.4 Å². The van der Waals surface area contributed by atoms with Gasteiger partial charge in [0, 0.05) is 24.7 Å². The number of nitrogens with one attached hydrogen (secondary N) is 1. The molecule has 1 atom stereocenters. The molecule has 16 heavy (non-hydrogen) atoms. The van der Waals surface area contributed by atoms with Gasteiger partial charge in [0.05, 0.1) is 4.92 Å². The molecule has 0 saturated carbocycles. The molecule has 0 spiro atoms. The molecule has 0 aliphatic rings. The standard InChI is InChI=1S/C12H16N2O2/c1-9(2)8-13-10(3)11-5-4-6-12(7-11)14(15)16/h4-7,10,13H,1,8H2,2-3H3. The lowest BCUT2D eigenvalue weighted by molar-refractivity contribution is -0.384. The summed E-state index contributed by atoms with van der Waals surface area (Å²) in [5.41, 5.74) is 2.08. The number of nitro groups is 1. The minimum Gasteiger partial charge on any atom is -0.306 e. The highest BCUT2D eigenvalue weighted by Gasteiger charge is 2.09. The first kappa shape index (κ1) is 12.4. The van der Waals surface area contributed by atoms with Crippen LogP contribution in [0.3, 0.4) is 0 Å². The lowest BCUT2D eigenvalue weighted by Crippen LogP contribution is -2.20. The van der Waals surface area contributed by atoms with Crippen molar-refractivity contribution in [1.82, 2.24) is 5.32 Å². The first-order valence-corrected chi connectivity index (χ1v) is 5.13. The third-order valence-corrected chi connectivity index (χ3v) is 2.29. The van der Waals surface area contributed by atoms with Gasteiger partial charge in [-0.2, -0.15) is 0 Å². The van der Waals surface area contributed by atoms with Crippen molar-refractivity contribution < 1.29 is 4.92 Å². The minimum absolute atomic E-state index is 0.0802. The Morgan fingerprint density at radius 1 is 1.62 bits per heavy atom. The second kappa shape index (κ2) is 5.42. The van der Waals surface area contributed by atoms with Gasteiger partial charge in [-0.3, -0.25) is 10.1 Å². The van der Waals surface area contributed by atoms with Crippen molar-refractivity contribution in [3.05, 3.63) is 52.1 Å². The summed E-state index contributed by atoms with van der Waals surface area (Å²) >= 11 is 0. The van der Waals surface area contributed by atoms with Crippen molar-refractivity contribution in [1.29, 1.82) is 0 Å². The van der Waals surface area contributed by atoms with Crippen molar-refractivity contribution in [2.24, 2.45) is 0 Å². The third kappa shape index (κ3) is 3.47. The molecule has 0 aliphatic carbocycles. The Kier molecular flexibility index (Phi) is 4.19. The zero-order valence-corrected chi connectivity index (χ0v) is 9.56. The topological polar surface area (TPSA) is 55.2 Å². The number of hydrogen-bond acceptors (Lipinski definition) is 3. The molecule has 4 nitrogen and oxygen atoms in total. The number of benzene rings is 1. The van der Waals surface area contributed by atoms with E-state index in [1.165, 1.54) is 6.07 Å². The SMILES string of the molecule is C=C(C)CNC(C)c1cccc([N+](=O)[O-])c1. The van der Waals surface area contributed by atoms with Crippen LogP contribution >= 0.6 is 0 Å². The second-order valence-corrected chi connectivity index (χ2v) is 3.91. The summed E-state index contributed by atoms with van der Waals surface area (Å²) in [4.78, 5) is 10.2. The highest BCUT2D eigenvalue weighted by atomic mass is 16.6. The van der Waals surface area contributed by atoms with E-state index in [-0.39, 0.29) is 16.7 Å². The van der Waals surface area contributed by atoms with E-state index in [1.807, 2.05) is 19.9 Å². The van der Waals surface area contributed by atoms with Crippen LogP contribution in [0.2, 0.25) is 0 Å². The largest absolute Gasteiger partial charge is 0.306 e. The van der Waals surface area contributed by atoms with Crippen LogP contribution in [-0.4, -0.2) is 11.5 Å². The molecule has 86 valence electrons. The highest BCUT2D eigenvalue weighted by molar-refractivity contribution is 5.35. The van der Waals surface area contributed by atoms with Gasteiger partial charge in [0.1, 0.15) is 0 Å². The lowest BCUT2D eigenvalue weighted by Gasteiger charge is -2.13. The fourth-order valence-electron chi connectivity index (χ4n) is 1.35. The van der Waals surface area contributed by atoms with Crippen LogP contribution in [0.4, 0.5) is 5.69 Å². The van der Waals surface area contributed by atoms with Crippen molar-refractivity contribution in [2.45, 2.75) is 19.9 Å². The lowest BCUT2D eigenvalue weighted by atomic mass is 10.1. The van der Waals surface area contributed by atoms with Crippen LogP contribution in [0.5, 0.6) is 0 Å². The van der Waals surface area contributed by atoms with E-state index in [0.717, 1.165) is 11.1 Å². The maximum absolute atomic E-state index is 10.6. The molecular formula is C12H16N2O2. The molecule has 0 aliphatic heterocycles. The first-order valence-electron chi connectivity index (χ1n) is 5.13. The maximum atomic E-state index is 10.6. The van der Waals surface area contributed by atoms with Crippen LogP contribution in [0, 0.1) is 10.1 Å². The summed E-state index contributed by atoms with van der Waals surface area (Å²) in [5, 5.41) is 13.9. The molecule has 1 aromatic rings. The minimum atomic E-state index is -0.380. The van der Waals surface area contributed by atoms with Gasteiger partial charge >= 0.3 is 0 Å². The molecule has 0 heterocycles. The van der Waals surface area contributed by atoms with Crippen molar-refractivity contribution in [2.75, 3.05) is 6.54 Å². The molecule has 4 heteroatoms. The van der Waals surface area contributed by atoms with Gasteiger partial charge < -0.3 is 5.32 Å². The fraction of sp³-hybridized carbons (Fsp3) is 0.333. The summed E-state index contributed by atoms with van der Waals surface area (Å²) in [6, 6.07) is 6.75. The number of nitrogens with zero attached hydrogens (tertiary/aromatic N) is 1. The van der Waals surface area contributed by atoms with E-state index in [1.54, 1.807) is 12.1 Å². The predicted molar refractivity (Wildman–Crippen MR) is 64.3 cm³/mol. The summed E-state index contributed by atoms with van der Waals surface area (Å²) < 4.78 is 0. The molecule has 1 unspecified atom stereocenters. The predicted octanol–water partition coefficient (Wildman–Crippen LogP) is 2.82. The Bertz CT molecular complexity index is 402. The van der Waals surface area contributed by atoms with Crippen LogP contribution in [0.25, 0.3) is 0 Å². The van der Waals surface area contributed by atoms with Gasteiger partial charge in [-0.1, -0.05) is 24.3 Å². The van der Waals surface area contributed by atoms with Crippen LogP contribution in [-0.2, 0) is 0 Å². The molecule has 0 bridgehead atoms. The van der Waals surface area contributed by atoms with E-state index in [4.69, 9.17) is 0 Å². The monoisotopic (exact) mass is 220 g/mol. The van der Waals surface area contributed by atoms with E-state index < -0.39 is 0 Å². The van der Waals surface area contributed by atoms with E-state index in [2.05, 4.69) is 11.9 Å². The van der Waals surface area contributed by atoms with Gasteiger partial charge in [-0.15, -0.1) is 0 Å². The average Bonchev–Trinajstić information content (AvgIpc) is 2.26. The highest BCUT2D eigenvalue weighted by Crippen LogP contribution is 2.18. The Morgan fingerprint density at radius 3 is 2.88 bits per heavy atom. The number of hydrogen-bond donors (Lipinski definition) is 1. The van der Waals surface area contributed by atoms with Crippen molar-refractivity contribution in [3.63, 3.8) is 0 Å². The molecule has 0 radical (unpaired) electrons. The third-order valence-electron chi connectivity index (χ3n) is 2.29. The quantitative estimate of drug-likeness (QED) is 0.471. The number of nitro benzene ring substituents is 1.